The molecule has 1 heterocycles. The smallest absolute Gasteiger partial charge is 0.173 e. The van der Waals surface area contributed by atoms with Gasteiger partial charge in [0.2, 0.25) is 0 Å². The number of Topliss-reactive ketones (excluding diaryl/α,β-unsaturated/α-hetero) is 1. The minimum Gasteiger partial charge on any atom is -0.508 e. The number of ketones is 1. The van der Waals surface area contributed by atoms with Crippen LogP contribution in [0.4, 0.5) is 5.69 Å². The second-order valence-electron chi connectivity index (χ2n) is 4.47. The number of nitrogens with zero attached hydrogens (tertiary/aromatic N) is 1. The number of aromatic hydroxyl groups is 1. The van der Waals surface area contributed by atoms with Gasteiger partial charge in [0.25, 0.3) is 0 Å². The molecule has 0 fully saturated rings. The van der Waals surface area contributed by atoms with Gasteiger partial charge >= 0.3 is 0 Å². The molecule has 3 aromatic rings. The van der Waals surface area contributed by atoms with Gasteiger partial charge in [0.1, 0.15) is 5.75 Å². The van der Waals surface area contributed by atoms with Gasteiger partial charge in [0, 0.05) is 11.3 Å². The van der Waals surface area contributed by atoms with E-state index in [-0.39, 0.29) is 11.5 Å². The van der Waals surface area contributed by atoms with Gasteiger partial charge in [-0.3, -0.25) is 4.79 Å². The molecule has 2 aromatic carbocycles. The Hall–Kier alpha value is -2.05. The maximum absolute atomic E-state index is 12.1. The number of phenolic OH excluding ortho intramolecular Hbond substituents is 1. The first-order chi connectivity index (χ1) is 10.1. The summed E-state index contributed by atoms with van der Waals surface area (Å²) in [6.45, 7) is 0. The highest BCUT2D eigenvalue weighted by Gasteiger charge is 2.10. The number of aromatic nitrogens is 1. The molecule has 6 heteroatoms. The molecule has 4 nitrogen and oxygen atoms in total. The fourth-order valence-corrected chi connectivity index (χ4v) is 3.85. The maximum atomic E-state index is 12.1. The van der Waals surface area contributed by atoms with E-state index in [9.17, 15) is 9.90 Å². The summed E-state index contributed by atoms with van der Waals surface area (Å²) in [5, 5.41) is 9.21. The first-order valence-corrected chi connectivity index (χ1v) is 8.03. The molecule has 0 aliphatic rings. The van der Waals surface area contributed by atoms with Crippen molar-refractivity contribution in [1.82, 2.24) is 4.98 Å². The van der Waals surface area contributed by atoms with E-state index in [0.717, 1.165) is 14.6 Å². The Bertz CT molecular complexity index is 797. The maximum Gasteiger partial charge on any atom is 0.173 e. The fourth-order valence-electron chi connectivity index (χ4n) is 1.84. The van der Waals surface area contributed by atoms with Crippen LogP contribution in [-0.2, 0) is 0 Å². The van der Waals surface area contributed by atoms with Crippen LogP contribution in [0.5, 0.6) is 5.75 Å². The Kier molecular flexibility index (Phi) is 3.81. The molecule has 0 bridgehead atoms. The summed E-state index contributed by atoms with van der Waals surface area (Å²) in [6.07, 6.45) is 0. The second-order valence-corrected chi connectivity index (χ2v) is 6.72. The zero-order valence-corrected chi connectivity index (χ0v) is 12.6. The monoisotopic (exact) mass is 316 g/mol. The van der Waals surface area contributed by atoms with Crippen LogP contribution in [0, 0.1) is 0 Å². The molecule has 0 aliphatic heterocycles. The number of carbonyl (C=O) groups excluding carboxylic acids is 1. The van der Waals surface area contributed by atoms with Crippen LogP contribution in [-0.4, -0.2) is 21.6 Å². The average Bonchev–Trinajstić information content (AvgIpc) is 2.87. The zero-order chi connectivity index (χ0) is 14.8. The van der Waals surface area contributed by atoms with Crippen molar-refractivity contribution in [3.63, 3.8) is 0 Å². The number of carbonyl (C=O) groups is 1. The van der Waals surface area contributed by atoms with Crippen molar-refractivity contribution in [3.05, 3.63) is 48.0 Å². The number of benzene rings is 2. The standard InChI is InChI=1S/C15H12N2O2S2/c16-10-3-6-12-14(7-10)21-15(17-12)20-8-13(19)9-1-4-11(18)5-2-9/h1-7,18H,8,16H2. The van der Waals surface area contributed by atoms with Gasteiger partial charge in [-0.2, -0.15) is 0 Å². The summed E-state index contributed by atoms with van der Waals surface area (Å²) in [6, 6.07) is 11.9. The first-order valence-electron chi connectivity index (χ1n) is 6.23. The normalized spacial score (nSPS) is 10.9. The average molecular weight is 316 g/mol. The molecular weight excluding hydrogens is 304 g/mol. The van der Waals surface area contributed by atoms with Crippen molar-refractivity contribution < 1.29 is 9.90 Å². The first kappa shape index (κ1) is 13.9. The van der Waals surface area contributed by atoms with Gasteiger partial charge in [-0.25, -0.2) is 4.98 Å². The second kappa shape index (κ2) is 5.75. The third-order valence-electron chi connectivity index (χ3n) is 2.91. The summed E-state index contributed by atoms with van der Waals surface area (Å²) in [5.74, 6) is 0.488. The molecule has 0 radical (unpaired) electrons. The van der Waals surface area contributed by atoms with Gasteiger partial charge in [-0.1, -0.05) is 11.8 Å². The van der Waals surface area contributed by atoms with E-state index in [4.69, 9.17) is 5.73 Å². The molecule has 0 saturated carbocycles. The lowest BCUT2D eigenvalue weighted by molar-refractivity contribution is 0.102. The van der Waals surface area contributed by atoms with Crippen molar-refractivity contribution in [1.29, 1.82) is 0 Å². The SMILES string of the molecule is Nc1ccc2nc(SCC(=O)c3ccc(O)cc3)sc2c1. The van der Waals surface area contributed by atoms with Gasteiger partial charge in [-0.15, -0.1) is 11.3 Å². The van der Waals surface area contributed by atoms with Crippen LogP contribution < -0.4 is 5.73 Å². The molecule has 0 amide bonds. The Morgan fingerprint density at radius 3 is 2.76 bits per heavy atom. The number of thioether (sulfide) groups is 1. The highest BCUT2D eigenvalue weighted by Crippen LogP contribution is 2.31. The topological polar surface area (TPSA) is 76.2 Å². The van der Waals surface area contributed by atoms with Gasteiger partial charge in [0.05, 0.1) is 16.0 Å². The van der Waals surface area contributed by atoms with Crippen LogP contribution in [0.15, 0.2) is 46.8 Å². The highest BCUT2D eigenvalue weighted by atomic mass is 32.2. The lowest BCUT2D eigenvalue weighted by Gasteiger charge is -1.99. The van der Waals surface area contributed by atoms with Crippen LogP contribution in [0.1, 0.15) is 10.4 Å². The number of hydrogen-bond acceptors (Lipinski definition) is 6. The third-order valence-corrected chi connectivity index (χ3v) is 5.07. The van der Waals surface area contributed by atoms with E-state index >= 15 is 0 Å². The third kappa shape index (κ3) is 3.17. The Morgan fingerprint density at radius 2 is 2.00 bits per heavy atom. The summed E-state index contributed by atoms with van der Waals surface area (Å²) in [5.41, 5.74) is 7.94. The number of nitrogen functional groups attached to an aromatic ring is 1. The molecule has 106 valence electrons. The molecule has 0 unspecified atom stereocenters. The van der Waals surface area contributed by atoms with Crippen LogP contribution in [0.25, 0.3) is 10.2 Å². The predicted octanol–water partition coefficient (Wildman–Crippen LogP) is 3.56. The molecule has 3 N–H and O–H groups in total. The molecule has 0 atom stereocenters. The van der Waals surface area contributed by atoms with Crippen molar-refractivity contribution in [2.24, 2.45) is 0 Å². The molecule has 3 rings (SSSR count). The van der Waals surface area contributed by atoms with Gasteiger partial charge in [0.15, 0.2) is 10.1 Å². The van der Waals surface area contributed by atoms with E-state index in [1.54, 1.807) is 12.1 Å². The number of fused-ring (bicyclic) bond motifs is 1. The number of phenols is 1. The van der Waals surface area contributed by atoms with Crippen LogP contribution in [0.2, 0.25) is 0 Å². The predicted molar refractivity (Wildman–Crippen MR) is 87.2 cm³/mol. The van der Waals surface area contributed by atoms with E-state index in [0.29, 0.717) is 17.0 Å². The zero-order valence-electron chi connectivity index (χ0n) is 10.9. The Morgan fingerprint density at radius 1 is 1.24 bits per heavy atom. The van der Waals surface area contributed by atoms with Crippen LogP contribution in [0.3, 0.4) is 0 Å². The summed E-state index contributed by atoms with van der Waals surface area (Å²) >= 11 is 2.94. The van der Waals surface area contributed by atoms with E-state index in [1.807, 2.05) is 18.2 Å². The van der Waals surface area contributed by atoms with Crippen LogP contribution >= 0.6 is 23.1 Å². The Balaban J connectivity index is 1.71. The lowest BCUT2D eigenvalue weighted by atomic mass is 10.1. The Labute approximate surface area is 129 Å². The summed E-state index contributed by atoms with van der Waals surface area (Å²) < 4.78 is 1.87. The summed E-state index contributed by atoms with van der Waals surface area (Å²) in [7, 11) is 0. The quantitative estimate of drug-likeness (QED) is 0.437. The molecule has 1 aromatic heterocycles. The molecule has 0 aliphatic carbocycles. The lowest BCUT2D eigenvalue weighted by Crippen LogP contribution is -2.01. The fraction of sp³-hybridized carbons (Fsp3) is 0.0667. The van der Waals surface area contributed by atoms with E-state index in [1.165, 1.54) is 35.2 Å². The largest absolute Gasteiger partial charge is 0.508 e. The van der Waals surface area contributed by atoms with Crippen molar-refractivity contribution >= 4 is 44.8 Å². The number of thiazole rings is 1. The number of anilines is 1. The minimum absolute atomic E-state index is 0.0128. The van der Waals surface area contributed by atoms with Crippen molar-refractivity contribution in [2.45, 2.75) is 4.34 Å². The molecular formula is C15H12N2O2S2. The van der Waals surface area contributed by atoms with Crippen molar-refractivity contribution in [2.75, 3.05) is 11.5 Å². The number of hydrogen-bond donors (Lipinski definition) is 2. The van der Waals surface area contributed by atoms with E-state index in [2.05, 4.69) is 4.98 Å². The number of rotatable bonds is 4. The number of nitrogens with two attached hydrogens (primary N) is 1. The van der Waals surface area contributed by atoms with Gasteiger partial charge in [-0.05, 0) is 42.5 Å². The van der Waals surface area contributed by atoms with Gasteiger partial charge < -0.3 is 10.8 Å². The molecule has 21 heavy (non-hydrogen) atoms. The van der Waals surface area contributed by atoms with E-state index < -0.39 is 0 Å². The molecule has 0 saturated heterocycles. The minimum atomic E-state index is 0.0128. The summed E-state index contributed by atoms with van der Waals surface area (Å²) in [4.78, 5) is 16.5. The molecule has 0 spiro atoms. The van der Waals surface area contributed by atoms with Crippen molar-refractivity contribution in [3.8, 4) is 5.75 Å². The highest BCUT2D eigenvalue weighted by molar-refractivity contribution is 8.01.